The number of nitro benzene ring substituents is 1. The summed E-state index contributed by atoms with van der Waals surface area (Å²) >= 11 is 0. The zero-order valence-corrected chi connectivity index (χ0v) is 16.0. The van der Waals surface area contributed by atoms with Crippen LogP contribution in [0.15, 0.2) is 42.5 Å². The lowest BCUT2D eigenvalue weighted by Gasteiger charge is -2.20. The maximum atomic E-state index is 13.4. The van der Waals surface area contributed by atoms with Crippen LogP contribution in [-0.2, 0) is 14.3 Å². The fraction of sp³-hybridized carbons (Fsp3) is 0.250. The average molecular weight is 415 g/mol. The Balaban J connectivity index is 1.71. The highest BCUT2D eigenvalue weighted by Gasteiger charge is 2.28. The van der Waals surface area contributed by atoms with Gasteiger partial charge in [0.15, 0.2) is 6.10 Å². The molecule has 0 radical (unpaired) electrons. The van der Waals surface area contributed by atoms with Crippen LogP contribution in [0.5, 0.6) is 0 Å². The Kier molecular flexibility index (Phi) is 6.05. The van der Waals surface area contributed by atoms with E-state index in [1.807, 2.05) is 0 Å². The number of nitro groups is 1. The summed E-state index contributed by atoms with van der Waals surface area (Å²) in [4.78, 5) is 48.3. The second kappa shape index (κ2) is 8.68. The predicted octanol–water partition coefficient (Wildman–Crippen LogP) is 3.04. The van der Waals surface area contributed by atoms with Gasteiger partial charge in [0.25, 0.3) is 5.91 Å². The van der Waals surface area contributed by atoms with Gasteiger partial charge in [0.2, 0.25) is 11.7 Å². The van der Waals surface area contributed by atoms with Crippen LogP contribution in [-0.4, -0.2) is 35.4 Å². The minimum Gasteiger partial charge on any atom is -0.449 e. The first-order valence-electron chi connectivity index (χ1n) is 9.13. The number of carbonyl (C=O) groups is 3. The zero-order chi connectivity index (χ0) is 21.8. The van der Waals surface area contributed by atoms with E-state index < -0.39 is 34.4 Å². The van der Waals surface area contributed by atoms with Crippen molar-refractivity contribution < 1.29 is 28.4 Å². The van der Waals surface area contributed by atoms with Gasteiger partial charge in [-0.25, -0.2) is 4.79 Å². The first-order valence-corrected chi connectivity index (χ1v) is 9.13. The number of halogens is 1. The molecule has 1 aliphatic rings. The average Bonchev–Trinajstić information content (AvgIpc) is 3.14. The van der Waals surface area contributed by atoms with E-state index in [4.69, 9.17) is 4.74 Å². The molecule has 1 fully saturated rings. The van der Waals surface area contributed by atoms with Gasteiger partial charge in [-0.05, 0) is 37.6 Å². The molecular weight excluding hydrogens is 397 g/mol. The molecule has 9 nitrogen and oxygen atoms in total. The number of carbonyl (C=O) groups excluding carboxylic acids is 3. The summed E-state index contributed by atoms with van der Waals surface area (Å²) in [5.41, 5.74) is -0.252. The van der Waals surface area contributed by atoms with Crippen LogP contribution in [0.4, 0.5) is 21.5 Å². The maximum absolute atomic E-state index is 13.4. The molecule has 30 heavy (non-hydrogen) atoms. The summed E-state index contributed by atoms with van der Waals surface area (Å²) in [5, 5.41) is 13.2. The standard InChI is InChI=1S/C20H18FN3O6/c1-12(19(26)22-13-8-9-15(21)17(11-13)24(28)29)30-20(27)14-5-2-3-6-16(14)23-10-4-7-18(23)25/h2-3,5-6,8-9,11-12H,4,7,10H2,1H3,(H,22,26)/t12-/m0/s1. The Bertz CT molecular complexity index is 1030. The number of nitrogens with zero attached hydrogens (tertiary/aromatic N) is 2. The van der Waals surface area contributed by atoms with Gasteiger partial charge in [0, 0.05) is 24.7 Å². The normalized spacial score (nSPS) is 14.3. The number of esters is 1. The first kappa shape index (κ1) is 20.9. The summed E-state index contributed by atoms with van der Waals surface area (Å²) in [6, 6.07) is 9.31. The Morgan fingerprint density at radius 1 is 1.27 bits per heavy atom. The lowest BCUT2D eigenvalue weighted by molar-refractivity contribution is -0.387. The van der Waals surface area contributed by atoms with Gasteiger partial charge < -0.3 is 15.0 Å². The molecule has 0 unspecified atom stereocenters. The maximum Gasteiger partial charge on any atom is 0.341 e. The molecule has 2 amide bonds. The molecule has 0 aliphatic carbocycles. The number of rotatable bonds is 6. The third kappa shape index (κ3) is 4.43. The van der Waals surface area contributed by atoms with Crippen molar-refractivity contribution in [3.05, 3.63) is 64.0 Å². The summed E-state index contributed by atoms with van der Waals surface area (Å²) in [7, 11) is 0. The van der Waals surface area contributed by atoms with Crippen molar-refractivity contribution in [2.45, 2.75) is 25.9 Å². The first-order chi connectivity index (χ1) is 14.3. The van der Waals surface area contributed by atoms with Crippen molar-refractivity contribution in [2.75, 3.05) is 16.8 Å². The number of hydrogen-bond donors (Lipinski definition) is 1. The van der Waals surface area contributed by atoms with Crippen LogP contribution in [0, 0.1) is 15.9 Å². The van der Waals surface area contributed by atoms with E-state index in [1.165, 1.54) is 17.9 Å². The second-order valence-electron chi connectivity index (χ2n) is 6.63. The van der Waals surface area contributed by atoms with E-state index in [2.05, 4.69) is 5.32 Å². The van der Waals surface area contributed by atoms with Crippen LogP contribution in [0.1, 0.15) is 30.1 Å². The summed E-state index contributed by atoms with van der Waals surface area (Å²) < 4.78 is 18.6. The van der Waals surface area contributed by atoms with E-state index in [-0.39, 0.29) is 17.2 Å². The molecule has 0 bridgehead atoms. The molecule has 0 aromatic heterocycles. The Hall–Kier alpha value is -3.82. The Morgan fingerprint density at radius 2 is 2.00 bits per heavy atom. The van der Waals surface area contributed by atoms with E-state index in [9.17, 15) is 28.9 Å². The number of hydrogen-bond acceptors (Lipinski definition) is 6. The van der Waals surface area contributed by atoms with Crippen LogP contribution < -0.4 is 10.2 Å². The largest absolute Gasteiger partial charge is 0.449 e. The van der Waals surface area contributed by atoms with Gasteiger partial charge in [0.1, 0.15) is 0 Å². The number of amides is 2. The fourth-order valence-corrected chi connectivity index (χ4v) is 3.04. The molecule has 1 aliphatic heterocycles. The van der Waals surface area contributed by atoms with Gasteiger partial charge in [-0.3, -0.25) is 19.7 Å². The molecule has 0 spiro atoms. The molecule has 1 heterocycles. The van der Waals surface area contributed by atoms with Crippen molar-refractivity contribution >= 4 is 34.8 Å². The van der Waals surface area contributed by atoms with Crippen molar-refractivity contribution in [3.63, 3.8) is 0 Å². The van der Waals surface area contributed by atoms with Crippen molar-refractivity contribution in [2.24, 2.45) is 0 Å². The second-order valence-corrected chi connectivity index (χ2v) is 6.63. The van der Waals surface area contributed by atoms with E-state index in [0.29, 0.717) is 25.1 Å². The molecule has 1 saturated heterocycles. The lowest BCUT2D eigenvalue weighted by atomic mass is 10.1. The highest BCUT2D eigenvalue weighted by Crippen LogP contribution is 2.26. The summed E-state index contributed by atoms with van der Waals surface area (Å²) in [6.45, 7) is 1.82. The quantitative estimate of drug-likeness (QED) is 0.440. The number of para-hydroxylation sites is 1. The zero-order valence-electron chi connectivity index (χ0n) is 16.0. The van der Waals surface area contributed by atoms with Crippen LogP contribution in [0.2, 0.25) is 0 Å². The summed E-state index contributed by atoms with van der Waals surface area (Å²) in [5.74, 6) is -2.68. The smallest absolute Gasteiger partial charge is 0.341 e. The molecule has 2 aromatic carbocycles. The molecular formula is C20H18FN3O6. The summed E-state index contributed by atoms with van der Waals surface area (Å²) in [6.07, 6.45) is -0.166. The molecule has 0 saturated carbocycles. The molecule has 1 atom stereocenters. The number of nitrogens with one attached hydrogen (secondary N) is 1. The van der Waals surface area contributed by atoms with Gasteiger partial charge in [-0.1, -0.05) is 12.1 Å². The SMILES string of the molecule is C[C@H](OC(=O)c1ccccc1N1CCCC1=O)C(=O)Nc1ccc(F)c([N+](=O)[O-])c1. The van der Waals surface area contributed by atoms with E-state index >= 15 is 0 Å². The molecule has 3 rings (SSSR count). The van der Waals surface area contributed by atoms with Crippen LogP contribution >= 0.6 is 0 Å². The monoisotopic (exact) mass is 415 g/mol. The number of anilines is 2. The van der Waals surface area contributed by atoms with E-state index in [0.717, 1.165) is 18.2 Å². The van der Waals surface area contributed by atoms with Gasteiger partial charge in [-0.2, -0.15) is 4.39 Å². The third-order valence-corrected chi connectivity index (χ3v) is 4.55. The van der Waals surface area contributed by atoms with E-state index in [1.54, 1.807) is 18.2 Å². The minimum absolute atomic E-state index is 0.0148. The topological polar surface area (TPSA) is 119 Å². The van der Waals surface area contributed by atoms with Crippen LogP contribution in [0.3, 0.4) is 0 Å². The van der Waals surface area contributed by atoms with Gasteiger partial charge in [0.05, 0.1) is 16.2 Å². The van der Waals surface area contributed by atoms with Crippen molar-refractivity contribution in [3.8, 4) is 0 Å². The minimum atomic E-state index is -1.25. The third-order valence-electron chi connectivity index (χ3n) is 4.55. The Labute approximate surface area is 170 Å². The lowest BCUT2D eigenvalue weighted by Crippen LogP contribution is -2.31. The molecule has 2 aromatic rings. The van der Waals surface area contributed by atoms with Gasteiger partial charge >= 0.3 is 11.7 Å². The number of ether oxygens (including phenoxy) is 1. The number of benzene rings is 2. The predicted molar refractivity (Wildman–Crippen MR) is 105 cm³/mol. The Morgan fingerprint density at radius 3 is 2.67 bits per heavy atom. The molecule has 10 heteroatoms. The fourth-order valence-electron chi connectivity index (χ4n) is 3.04. The van der Waals surface area contributed by atoms with Crippen molar-refractivity contribution in [1.82, 2.24) is 0 Å². The highest BCUT2D eigenvalue weighted by molar-refractivity contribution is 6.04. The highest BCUT2D eigenvalue weighted by atomic mass is 19.1. The molecule has 156 valence electrons. The van der Waals surface area contributed by atoms with Crippen molar-refractivity contribution in [1.29, 1.82) is 0 Å². The van der Waals surface area contributed by atoms with Crippen LogP contribution in [0.25, 0.3) is 0 Å². The molecule has 1 N–H and O–H groups in total. The van der Waals surface area contributed by atoms with Gasteiger partial charge in [-0.15, -0.1) is 0 Å².